The zero-order valence-corrected chi connectivity index (χ0v) is 23.0. The first-order valence-corrected chi connectivity index (χ1v) is 12.9. The Hall–Kier alpha value is -2.98. The number of aldehydes is 1. The predicted molar refractivity (Wildman–Crippen MR) is 145 cm³/mol. The van der Waals surface area contributed by atoms with Crippen LogP contribution in [0.2, 0.25) is 0 Å². The highest BCUT2D eigenvalue weighted by molar-refractivity contribution is 9.10. The van der Waals surface area contributed by atoms with Gasteiger partial charge in [0.2, 0.25) is 0 Å². The van der Waals surface area contributed by atoms with Gasteiger partial charge in [-0.3, -0.25) is 4.79 Å². The first-order valence-electron chi connectivity index (χ1n) is 12.1. The number of phenols is 1. The number of halogens is 1. The van der Waals surface area contributed by atoms with Crippen molar-refractivity contribution in [3.8, 4) is 17.0 Å². The highest BCUT2D eigenvalue weighted by Gasteiger charge is 2.19. The molecule has 1 aliphatic rings. The molecule has 9 nitrogen and oxygen atoms in total. The van der Waals surface area contributed by atoms with E-state index in [4.69, 9.17) is 0 Å². The van der Waals surface area contributed by atoms with E-state index < -0.39 is 0 Å². The molecule has 2 aromatic heterocycles. The van der Waals surface area contributed by atoms with E-state index in [0.29, 0.717) is 17.9 Å². The van der Waals surface area contributed by atoms with Crippen LogP contribution in [0, 0.1) is 0 Å². The summed E-state index contributed by atoms with van der Waals surface area (Å²) in [6.07, 6.45) is 6.32. The number of methoxy groups -OCH3 is 1. The van der Waals surface area contributed by atoms with Crippen molar-refractivity contribution >= 4 is 39.7 Å². The minimum atomic E-state index is -0.336. The number of ether oxygens (including phenoxy) is 1. The molecule has 0 atom stereocenters. The van der Waals surface area contributed by atoms with E-state index in [1.54, 1.807) is 12.3 Å². The first kappa shape index (κ1) is 29.3. The number of rotatable bonds is 6. The fraction of sp³-hybridized carbons (Fsp3) is 0.462. The summed E-state index contributed by atoms with van der Waals surface area (Å²) in [6.45, 7) is 6.42. The molecule has 0 amide bonds. The molecule has 1 saturated heterocycles. The third-order valence-corrected chi connectivity index (χ3v) is 5.93. The summed E-state index contributed by atoms with van der Waals surface area (Å²) < 4.78 is 6.90. The van der Waals surface area contributed by atoms with Crippen LogP contribution in [-0.2, 0) is 14.3 Å². The number of fused-ring (bicyclic) bond motifs is 1. The SMILES string of the molecule is CCC.CN1CCC(Nc2cc(-c3ccccc3O)nc3c(Br)cnn23)CC1.COC(=O)CCC=O. The Balaban J connectivity index is 0.000000352. The van der Waals surface area contributed by atoms with Gasteiger partial charge in [0.25, 0.3) is 0 Å². The van der Waals surface area contributed by atoms with Crippen molar-refractivity contribution in [2.75, 3.05) is 32.6 Å². The van der Waals surface area contributed by atoms with Gasteiger partial charge in [0.15, 0.2) is 5.65 Å². The van der Waals surface area contributed by atoms with Crippen molar-refractivity contribution in [3.63, 3.8) is 0 Å². The van der Waals surface area contributed by atoms with Crippen LogP contribution in [0.5, 0.6) is 5.75 Å². The van der Waals surface area contributed by atoms with Crippen molar-refractivity contribution in [1.82, 2.24) is 19.5 Å². The molecule has 1 aliphatic heterocycles. The number of carbonyl (C=O) groups is 2. The summed E-state index contributed by atoms with van der Waals surface area (Å²) in [5, 5.41) is 18.2. The van der Waals surface area contributed by atoms with Gasteiger partial charge < -0.3 is 24.9 Å². The number of piperidine rings is 1. The van der Waals surface area contributed by atoms with Crippen LogP contribution in [-0.4, -0.2) is 70.1 Å². The Morgan fingerprint density at radius 3 is 2.56 bits per heavy atom. The number of para-hydroxylation sites is 1. The molecular formula is C26H36BrN5O4. The van der Waals surface area contributed by atoms with E-state index >= 15 is 0 Å². The maximum absolute atomic E-state index is 10.2. The maximum atomic E-state index is 10.2. The number of aromatic nitrogens is 3. The van der Waals surface area contributed by atoms with Crippen molar-refractivity contribution in [3.05, 3.63) is 41.0 Å². The molecule has 196 valence electrons. The van der Waals surface area contributed by atoms with Crippen molar-refractivity contribution < 1.29 is 19.4 Å². The van der Waals surface area contributed by atoms with Crippen LogP contribution in [0.1, 0.15) is 46.0 Å². The third kappa shape index (κ3) is 8.60. The van der Waals surface area contributed by atoms with E-state index in [-0.39, 0.29) is 24.6 Å². The average Bonchev–Trinajstić information content (AvgIpc) is 3.26. The number of likely N-dealkylation sites (tertiary alicyclic amines) is 1. The summed E-state index contributed by atoms with van der Waals surface area (Å²) in [5.41, 5.74) is 2.17. The van der Waals surface area contributed by atoms with Crippen molar-refractivity contribution in [2.45, 2.75) is 52.0 Å². The molecule has 0 spiro atoms. The molecule has 0 radical (unpaired) electrons. The highest BCUT2D eigenvalue weighted by atomic mass is 79.9. The summed E-state index contributed by atoms with van der Waals surface area (Å²) >= 11 is 3.52. The molecule has 1 fully saturated rings. The van der Waals surface area contributed by atoms with E-state index in [9.17, 15) is 14.7 Å². The van der Waals surface area contributed by atoms with Crippen LogP contribution >= 0.6 is 15.9 Å². The molecule has 0 aliphatic carbocycles. The first-order chi connectivity index (χ1) is 17.3. The zero-order valence-electron chi connectivity index (χ0n) is 21.4. The van der Waals surface area contributed by atoms with Gasteiger partial charge in [0.1, 0.15) is 17.9 Å². The molecule has 36 heavy (non-hydrogen) atoms. The molecule has 2 N–H and O–H groups in total. The summed E-state index contributed by atoms with van der Waals surface area (Å²) in [6, 6.07) is 9.62. The maximum Gasteiger partial charge on any atom is 0.305 e. The fourth-order valence-corrected chi connectivity index (χ4v) is 3.86. The average molecular weight is 563 g/mol. The van der Waals surface area contributed by atoms with Crippen LogP contribution in [0.15, 0.2) is 41.0 Å². The van der Waals surface area contributed by atoms with E-state index in [1.807, 2.05) is 28.8 Å². The molecule has 1 aromatic carbocycles. The van der Waals surface area contributed by atoms with Gasteiger partial charge in [-0.05, 0) is 61.0 Å². The topological polar surface area (TPSA) is 109 Å². The Morgan fingerprint density at radius 2 is 1.94 bits per heavy atom. The molecule has 10 heteroatoms. The lowest BCUT2D eigenvalue weighted by Gasteiger charge is -2.30. The van der Waals surface area contributed by atoms with Crippen molar-refractivity contribution in [1.29, 1.82) is 0 Å². The number of benzene rings is 1. The van der Waals surface area contributed by atoms with E-state index in [0.717, 1.165) is 47.6 Å². The number of anilines is 1. The lowest BCUT2D eigenvalue weighted by atomic mass is 10.1. The smallest absolute Gasteiger partial charge is 0.305 e. The van der Waals surface area contributed by atoms with Crippen molar-refractivity contribution in [2.24, 2.45) is 0 Å². The molecular weight excluding hydrogens is 526 g/mol. The Morgan fingerprint density at radius 1 is 1.28 bits per heavy atom. The summed E-state index contributed by atoms with van der Waals surface area (Å²) in [4.78, 5) is 26.8. The summed E-state index contributed by atoms with van der Waals surface area (Å²) in [7, 11) is 3.45. The Labute approximate surface area is 221 Å². The normalized spacial score (nSPS) is 13.7. The largest absolute Gasteiger partial charge is 0.507 e. The van der Waals surface area contributed by atoms with Gasteiger partial charge in [-0.15, -0.1) is 0 Å². The second kappa shape index (κ2) is 15.2. The number of hydrogen-bond acceptors (Lipinski definition) is 8. The second-order valence-corrected chi connectivity index (χ2v) is 9.34. The van der Waals surface area contributed by atoms with Gasteiger partial charge >= 0.3 is 5.97 Å². The lowest BCUT2D eigenvalue weighted by Crippen LogP contribution is -2.37. The third-order valence-electron chi connectivity index (χ3n) is 5.37. The van der Waals surface area contributed by atoms with Gasteiger partial charge in [-0.1, -0.05) is 32.4 Å². The Bertz CT molecular complexity index is 1110. The number of phenolic OH excluding ortho intramolecular Hbond substituents is 1. The predicted octanol–water partition coefficient (Wildman–Crippen LogP) is 4.93. The van der Waals surface area contributed by atoms with Crippen LogP contribution < -0.4 is 5.32 Å². The molecule has 0 unspecified atom stereocenters. The lowest BCUT2D eigenvalue weighted by molar-refractivity contribution is -0.141. The minimum Gasteiger partial charge on any atom is -0.507 e. The van der Waals surface area contributed by atoms with Gasteiger partial charge in [-0.2, -0.15) is 9.61 Å². The molecule has 4 rings (SSSR count). The number of nitrogens with zero attached hydrogens (tertiary/aromatic N) is 4. The molecule has 0 saturated carbocycles. The fourth-order valence-electron chi connectivity index (χ4n) is 3.51. The second-order valence-electron chi connectivity index (χ2n) is 8.48. The van der Waals surface area contributed by atoms with Gasteiger partial charge in [0.05, 0.1) is 29.9 Å². The number of hydrogen-bond donors (Lipinski definition) is 2. The zero-order chi connectivity index (χ0) is 26.5. The minimum absolute atomic E-state index is 0.194. The summed E-state index contributed by atoms with van der Waals surface area (Å²) in [5.74, 6) is 0.779. The number of carbonyl (C=O) groups excluding carboxylic acids is 2. The standard InChI is InChI=1S/C18H20BrN5O.C5H8O3.C3H8/c1-23-8-6-12(7-9-23)21-17-10-15(13-4-2-3-5-16(13)25)22-18-14(19)11-20-24(17)18;1-8-5(7)3-2-4-6;1-3-2/h2-5,10-12,21,25H,6-9H2,1H3;4H,2-3H2,1H3;3H2,1-2H3. The van der Waals surface area contributed by atoms with Crippen LogP contribution in [0.25, 0.3) is 16.9 Å². The number of aromatic hydroxyl groups is 1. The molecule has 3 heterocycles. The van der Waals surface area contributed by atoms with Crippen LogP contribution in [0.3, 0.4) is 0 Å². The van der Waals surface area contributed by atoms with Gasteiger partial charge in [-0.25, -0.2) is 4.98 Å². The highest BCUT2D eigenvalue weighted by Crippen LogP contribution is 2.31. The number of nitrogens with one attached hydrogen (secondary N) is 1. The number of esters is 1. The molecule has 3 aromatic rings. The monoisotopic (exact) mass is 561 g/mol. The quantitative estimate of drug-likeness (QED) is 0.322. The van der Waals surface area contributed by atoms with Crippen LogP contribution in [0.4, 0.5) is 5.82 Å². The Kier molecular flexibility index (Phi) is 12.4. The van der Waals surface area contributed by atoms with Gasteiger partial charge in [0, 0.05) is 24.1 Å². The van der Waals surface area contributed by atoms with E-state index in [2.05, 4.69) is 61.9 Å². The molecule has 0 bridgehead atoms. The van der Waals surface area contributed by atoms with E-state index in [1.165, 1.54) is 13.5 Å².